The number of carbonyl (C=O) groups excluding carboxylic acids is 1. The Labute approximate surface area is 124 Å². The van der Waals surface area contributed by atoms with Crippen LogP contribution in [0.5, 0.6) is 11.5 Å². The van der Waals surface area contributed by atoms with Crippen LogP contribution in [0.3, 0.4) is 0 Å². The molecule has 2 aromatic rings. The summed E-state index contributed by atoms with van der Waals surface area (Å²) in [7, 11) is 1.63. The number of hydrogen-bond donors (Lipinski definition) is 1. The molecule has 0 aliphatic rings. The Morgan fingerprint density at radius 3 is 2.33 bits per heavy atom. The lowest BCUT2D eigenvalue weighted by atomic mass is 10.1. The Balaban J connectivity index is 1.83. The van der Waals surface area contributed by atoms with Crippen molar-refractivity contribution in [3.05, 3.63) is 60.2 Å². The fourth-order valence-corrected chi connectivity index (χ4v) is 1.92. The minimum atomic E-state index is -0.151. The molecule has 1 atom stereocenters. The van der Waals surface area contributed by atoms with Crippen LogP contribution in [0.2, 0.25) is 0 Å². The van der Waals surface area contributed by atoms with Gasteiger partial charge >= 0.3 is 0 Å². The van der Waals surface area contributed by atoms with Crippen molar-refractivity contribution in [2.75, 3.05) is 13.7 Å². The van der Waals surface area contributed by atoms with Gasteiger partial charge in [-0.25, -0.2) is 0 Å². The van der Waals surface area contributed by atoms with E-state index in [0.29, 0.717) is 5.75 Å². The van der Waals surface area contributed by atoms with Gasteiger partial charge in [0, 0.05) is 0 Å². The molecule has 4 nitrogen and oxygen atoms in total. The molecule has 0 saturated carbocycles. The molecule has 4 heteroatoms. The molecule has 2 rings (SSSR count). The standard InChI is InChI=1S/C17H19NO3/c1-13(14-8-10-15(20-2)11-9-14)18-17(19)12-21-16-6-4-3-5-7-16/h3-11,13H,12H2,1-2H3,(H,18,19)/t13-/m0/s1. The van der Waals surface area contributed by atoms with Gasteiger partial charge < -0.3 is 14.8 Å². The van der Waals surface area contributed by atoms with Gasteiger partial charge in [-0.15, -0.1) is 0 Å². The fraction of sp³-hybridized carbons (Fsp3) is 0.235. The minimum absolute atomic E-state index is 0.00447. The van der Waals surface area contributed by atoms with Crippen molar-refractivity contribution in [1.82, 2.24) is 5.32 Å². The number of ether oxygens (including phenoxy) is 2. The van der Waals surface area contributed by atoms with Crippen molar-refractivity contribution in [3.8, 4) is 11.5 Å². The number of nitrogens with one attached hydrogen (secondary N) is 1. The summed E-state index contributed by atoms with van der Waals surface area (Å²) in [5.74, 6) is 1.33. The summed E-state index contributed by atoms with van der Waals surface area (Å²) in [5.41, 5.74) is 1.02. The highest BCUT2D eigenvalue weighted by Crippen LogP contribution is 2.17. The Morgan fingerprint density at radius 1 is 1.05 bits per heavy atom. The number of methoxy groups -OCH3 is 1. The Hall–Kier alpha value is -2.49. The summed E-state index contributed by atoms with van der Waals surface area (Å²) in [6, 6.07) is 16.8. The molecule has 0 bridgehead atoms. The van der Waals surface area contributed by atoms with Crippen LogP contribution in [0.4, 0.5) is 0 Å². The van der Waals surface area contributed by atoms with Crippen molar-refractivity contribution >= 4 is 5.91 Å². The molecule has 0 aliphatic heterocycles. The van der Waals surface area contributed by atoms with Gasteiger partial charge in [0.05, 0.1) is 13.2 Å². The van der Waals surface area contributed by atoms with Gasteiger partial charge in [-0.3, -0.25) is 4.79 Å². The first-order chi connectivity index (χ1) is 10.2. The molecule has 2 aromatic carbocycles. The molecule has 110 valence electrons. The summed E-state index contributed by atoms with van der Waals surface area (Å²) in [5, 5.41) is 2.90. The highest BCUT2D eigenvalue weighted by molar-refractivity contribution is 5.78. The van der Waals surface area contributed by atoms with Crippen LogP contribution in [0.1, 0.15) is 18.5 Å². The maximum Gasteiger partial charge on any atom is 0.258 e. The molecule has 21 heavy (non-hydrogen) atoms. The highest BCUT2D eigenvalue weighted by atomic mass is 16.5. The van der Waals surface area contributed by atoms with Crippen molar-refractivity contribution < 1.29 is 14.3 Å². The molecule has 0 saturated heterocycles. The third-order valence-corrected chi connectivity index (χ3v) is 3.11. The highest BCUT2D eigenvalue weighted by Gasteiger charge is 2.10. The lowest BCUT2D eigenvalue weighted by molar-refractivity contribution is -0.123. The second kappa shape index (κ2) is 7.33. The largest absolute Gasteiger partial charge is 0.497 e. The van der Waals surface area contributed by atoms with E-state index in [1.54, 1.807) is 7.11 Å². The molecule has 1 N–H and O–H groups in total. The topological polar surface area (TPSA) is 47.6 Å². The van der Waals surface area contributed by atoms with E-state index >= 15 is 0 Å². The molecule has 0 radical (unpaired) electrons. The first-order valence-electron chi connectivity index (χ1n) is 6.80. The number of carbonyl (C=O) groups is 1. The van der Waals surface area contributed by atoms with E-state index in [2.05, 4.69) is 5.32 Å². The van der Waals surface area contributed by atoms with Crippen LogP contribution in [0, 0.1) is 0 Å². The number of amides is 1. The molecule has 0 unspecified atom stereocenters. The molecular formula is C17H19NO3. The number of para-hydroxylation sites is 1. The molecule has 1 amide bonds. The molecule has 0 spiro atoms. The number of rotatable bonds is 6. The minimum Gasteiger partial charge on any atom is -0.497 e. The van der Waals surface area contributed by atoms with Gasteiger partial charge in [0.2, 0.25) is 0 Å². The monoisotopic (exact) mass is 285 g/mol. The third kappa shape index (κ3) is 4.53. The van der Waals surface area contributed by atoms with E-state index in [9.17, 15) is 4.79 Å². The zero-order valence-corrected chi connectivity index (χ0v) is 12.2. The first-order valence-corrected chi connectivity index (χ1v) is 6.80. The van der Waals surface area contributed by atoms with E-state index in [1.807, 2.05) is 61.5 Å². The Bertz CT molecular complexity index is 566. The molecular weight excluding hydrogens is 266 g/mol. The van der Waals surface area contributed by atoms with Gasteiger partial charge in [0.1, 0.15) is 11.5 Å². The lowest BCUT2D eigenvalue weighted by Gasteiger charge is -2.15. The van der Waals surface area contributed by atoms with Gasteiger partial charge in [-0.1, -0.05) is 30.3 Å². The summed E-state index contributed by atoms with van der Waals surface area (Å²) >= 11 is 0. The summed E-state index contributed by atoms with van der Waals surface area (Å²) in [6.45, 7) is 1.94. The Morgan fingerprint density at radius 2 is 1.71 bits per heavy atom. The van der Waals surface area contributed by atoms with E-state index in [-0.39, 0.29) is 18.6 Å². The van der Waals surface area contributed by atoms with Gasteiger partial charge in [0.15, 0.2) is 6.61 Å². The van der Waals surface area contributed by atoms with Crippen molar-refractivity contribution in [2.24, 2.45) is 0 Å². The smallest absolute Gasteiger partial charge is 0.258 e. The zero-order chi connectivity index (χ0) is 15.1. The second-order valence-corrected chi connectivity index (χ2v) is 4.66. The van der Waals surface area contributed by atoms with E-state index in [4.69, 9.17) is 9.47 Å². The molecule has 0 aliphatic carbocycles. The molecule has 0 fully saturated rings. The van der Waals surface area contributed by atoms with E-state index in [0.717, 1.165) is 11.3 Å². The van der Waals surface area contributed by atoms with Crippen molar-refractivity contribution in [3.63, 3.8) is 0 Å². The van der Waals surface area contributed by atoms with Crippen LogP contribution in [0.25, 0.3) is 0 Å². The van der Waals surface area contributed by atoms with Crippen LogP contribution in [-0.4, -0.2) is 19.6 Å². The van der Waals surface area contributed by atoms with Gasteiger partial charge in [0.25, 0.3) is 5.91 Å². The van der Waals surface area contributed by atoms with Crippen LogP contribution in [0.15, 0.2) is 54.6 Å². The van der Waals surface area contributed by atoms with Crippen LogP contribution >= 0.6 is 0 Å². The van der Waals surface area contributed by atoms with E-state index in [1.165, 1.54) is 0 Å². The summed E-state index contributed by atoms with van der Waals surface area (Å²) in [4.78, 5) is 11.9. The summed E-state index contributed by atoms with van der Waals surface area (Å²) in [6.07, 6.45) is 0. The van der Waals surface area contributed by atoms with Crippen molar-refractivity contribution in [1.29, 1.82) is 0 Å². The Kier molecular flexibility index (Phi) is 5.21. The first kappa shape index (κ1) is 14.9. The van der Waals surface area contributed by atoms with Crippen LogP contribution in [-0.2, 0) is 4.79 Å². The quantitative estimate of drug-likeness (QED) is 0.887. The SMILES string of the molecule is COc1ccc([C@H](C)NC(=O)COc2ccccc2)cc1. The maximum absolute atomic E-state index is 11.9. The lowest BCUT2D eigenvalue weighted by Crippen LogP contribution is -2.31. The predicted octanol–water partition coefficient (Wildman–Crippen LogP) is 2.95. The predicted molar refractivity (Wildman–Crippen MR) is 81.5 cm³/mol. The maximum atomic E-state index is 11.9. The van der Waals surface area contributed by atoms with Gasteiger partial charge in [-0.2, -0.15) is 0 Å². The number of benzene rings is 2. The second-order valence-electron chi connectivity index (χ2n) is 4.66. The fourth-order valence-electron chi connectivity index (χ4n) is 1.92. The average Bonchev–Trinajstić information content (AvgIpc) is 2.54. The van der Waals surface area contributed by atoms with E-state index < -0.39 is 0 Å². The van der Waals surface area contributed by atoms with Gasteiger partial charge in [-0.05, 0) is 36.8 Å². The normalized spacial score (nSPS) is 11.5. The van der Waals surface area contributed by atoms with Crippen molar-refractivity contribution in [2.45, 2.75) is 13.0 Å². The average molecular weight is 285 g/mol. The third-order valence-electron chi connectivity index (χ3n) is 3.11. The number of hydrogen-bond acceptors (Lipinski definition) is 3. The summed E-state index contributed by atoms with van der Waals surface area (Å²) < 4.78 is 10.5. The molecule has 0 heterocycles. The van der Waals surface area contributed by atoms with Crippen LogP contribution < -0.4 is 14.8 Å². The molecule has 0 aromatic heterocycles. The zero-order valence-electron chi connectivity index (χ0n) is 12.2.